The minimum absolute atomic E-state index is 0.227. The second kappa shape index (κ2) is 4.38. The van der Waals surface area contributed by atoms with Gasteiger partial charge in [-0.3, -0.25) is 9.59 Å². The maximum absolute atomic E-state index is 12.6. The van der Waals surface area contributed by atoms with Crippen LogP contribution in [-0.2, 0) is 9.59 Å². The van der Waals surface area contributed by atoms with Crippen molar-refractivity contribution in [2.75, 3.05) is 13.1 Å². The third-order valence-corrected chi connectivity index (χ3v) is 5.95. The van der Waals surface area contributed by atoms with Gasteiger partial charge in [0, 0.05) is 13.1 Å². The van der Waals surface area contributed by atoms with Crippen LogP contribution in [0, 0.1) is 22.7 Å². The molecule has 22 heavy (non-hydrogen) atoms. The smallest absolute Gasteiger partial charge is 0.340 e. The molecule has 3 rings (SSSR count). The van der Waals surface area contributed by atoms with Gasteiger partial charge in [0.2, 0.25) is 5.91 Å². The highest BCUT2D eigenvalue weighted by Gasteiger charge is 2.64. The fraction of sp³-hybridized carbons (Fsp3) is 0.867. The van der Waals surface area contributed by atoms with Crippen LogP contribution in [0.3, 0.4) is 0 Å². The third kappa shape index (κ3) is 2.38. The Kier molecular flexibility index (Phi) is 3.11. The topological polar surface area (TPSA) is 49.4 Å². The summed E-state index contributed by atoms with van der Waals surface area (Å²) >= 11 is 0. The lowest BCUT2D eigenvalue weighted by Gasteiger charge is -2.30. The van der Waals surface area contributed by atoms with E-state index in [2.05, 4.69) is 13.8 Å². The molecule has 0 aromatic rings. The van der Waals surface area contributed by atoms with Gasteiger partial charge in [-0.25, -0.2) is 0 Å². The number of alkyl halides is 3. The maximum atomic E-state index is 12.6. The van der Waals surface area contributed by atoms with E-state index >= 15 is 0 Å². The van der Waals surface area contributed by atoms with Crippen molar-refractivity contribution in [2.24, 2.45) is 22.7 Å². The van der Waals surface area contributed by atoms with Crippen LogP contribution in [0.1, 0.15) is 33.6 Å². The second-order valence-electron chi connectivity index (χ2n) is 7.84. The molecule has 1 aliphatic heterocycles. The Morgan fingerprint density at radius 2 is 1.64 bits per heavy atom. The Morgan fingerprint density at radius 1 is 1.14 bits per heavy atom. The summed E-state index contributed by atoms with van der Waals surface area (Å²) in [6.07, 6.45) is -3.64. The minimum Gasteiger partial charge on any atom is -0.340 e. The number of nitrogens with zero attached hydrogens (tertiary/aromatic N) is 1. The maximum Gasteiger partial charge on any atom is 0.471 e. The van der Waals surface area contributed by atoms with Crippen LogP contribution in [0.15, 0.2) is 0 Å². The predicted molar refractivity (Wildman–Crippen MR) is 72.7 cm³/mol. The highest BCUT2D eigenvalue weighted by Crippen LogP contribution is 2.62. The van der Waals surface area contributed by atoms with Gasteiger partial charge in [-0.15, -0.1) is 0 Å². The molecule has 1 N–H and O–H groups in total. The zero-order valence-corrected chi connectivity index (χ0v) is 13.0. The highest BCUT2D eigenvalue weighted by atomic mass is 19.4. The SMILES string of the molecule is CC1(C(NC(=O)C(F)(F)F)C(=O)N2CC3C(C2)C3(C)C)CC1. The van der Waals surface area contributed by atoms with Crippen LogP contribution in [0.5, 0.6) is 0 Å². The number of carbonyl (C=O) groups excluding carboxylic acids is 2. The summed E-state index contributed by atoms with van der Waals surface area (Å²) in [5, 5.41) is 1.93. The van der Waals surface area contributed by atoms with Crippen LogP contribution in [0.25, 0.3) is 0 Å². The number of amides is 2. The van der Waals surface area contributed by atoms with Gasteiger partial charge in [0.05, 0.1) is 0 Å². The van der Waals surface area contributed by atoms with E-state index in [1.807, 2.05) is 5.32 Å². The van der Waals surface area contributed by atoms with Gasteiger partial charge in [-0.2, -0.15) is 13.2 Å². The van der Waals surface area contributed by atoms with Crippen molar-refractivity contribution in [1.29, 1.82) is 0 Å². The summed E-state index contributed by atoms with van der Waals surface area (Å²) in [6.45, 7) is 7.23. The summed E-state index contributed by atoms with van der Waals surface area (Å²) in [7, 11) is 0. The summed E-state index contributed by atoms with van der Waals surface area (Å²) < 4.78 is 37.5. The van der Waals surface area contributed by atoms with E-state index < -0.39 is 23.5 Å². The number of nitrogens with one attached hydrogen (secondary N) is 1. The number of likely N-dealkylation sites (tertiary alicyclic amines) is 1. The second-order valence-corrected chi connectivity index (χ2v) is 7.84. The van der Waals surface area contributed by atoms with Crippen molar-refractivity contribution < 1.29 is 22.8 Å². The van der Waals surface area contributed by atoms with Crippen LogP contribution in [-0.4, -0.2) is 42.0 Å². The van der Waals surface area contributed by atoms with Crippen molar-refractivity contribution in [3.63, 3.8) is 0 Å². The first kappa shape index (κ1) is 15.6. The Bertz CT molecular complexity index is 511. The average Bonchev–Trinajstić information content (AvgIpc) is 3.15. The van der Waals surface area contributed by atoms with Crippen molar-refractivity contribution in [3.05, 3.63) is 0 Å². The lowest BCUT2D eigenvalue weighted by molar-refractivity contribution is -0.175. The van der Waals surface area contributed by atoms with Gasteiger partial charge < -0.3 is 10.2 Å². The number of hydrogen-bond donors (Lipinski definition) is 1. The molecule has 0 bridgehead atoms. The molecule has 0 aromatic heterocycles. The predicted octanol–water partition coefficient (Wildman–Crippen LogP) is 1.95. The fourth-order valence-electron chi connectivity index (χ4n) is 3.73. The summed E-state index contributed by atoms with van der Waals surface area (Å²) in [6, 6.07) is -1.07. The monoisotopic (exact) mass is 318 g/mol. The molecule has 3 fully saturated rings. The number of halogens is 3. The van der Waals surface area contributed by atoms with E-state index in [0.717, 1.165) is 0 Å². The number of carbonyl (C=O) groups is 2. The summed E-state index contributed by atoms with van der Waals surface area (Å²) in [5.41, 5.74) is -0.314. The van der Waals surface area contributed by atoms with Crippen molar-refractivity contribution in [3.8, 4) is 0 Å². The van der Waals surface area contributed by atoms with Crippen LogP contribution < -0.4 is 5.32 Å². The molecule has 124 valence electrons. The summed E-state index contributed by atoms with van der Waals surface area (Å²) in [5.74, 6) is -1.52. The first-order valence-electron chi connectivity index (χ1n) is 7.63. The molecular formula is C15H21F3N2O2. The zero-order valence-electron chi connectivity index (χ0n) is 13.0. The molecule has 3 atom stereocenters. The third-order valence-electron chi connectivity index (χ3n) is 5.95. The highest BCUT2D eigenvalue weighted by molar-refractivity contribution is 5.91. The molecule has 0 radical (unpaired) electrons. The lowest BCUT2D eigenvalue weighted by Crippen LogP contribution is -2.55. The first-order chi connectivity index (χ1) is 9.97. The van der Waals surface area contributed by atoms with E-state index in [-0.39, 0.29) is 11.3 Å². The van der Waals surface area contributed by atoms with Gasteiger partial charge in [0.25, 0.3) is 0 Å². The van der Waals surface area contributed by atoms with Crippen LogP contribution in [0.4, 0.5) is 13.2 Å². The van der Waals surface area contributed by atoms with Crippen LogP contribution in [0.2, 0.25) is 0 Å². The number of fused-ring (bicyclic) bond motifs is 1. The minimum atomic E-state index is -4.96. The van der Waals surface area contributed by atoms with E-state index in [0.29, 0.717) is 37.8 Å². The van der Waals surface area contributed by atoms with Crippen molar-refractivity contribution >= 4 is 11.8 Å². The Labute approximate surface area is 127 Å². The molecule has 2 aliphatic carbocycles. The van der Waals surface area contributed by atoms with Gasteiger partial charge in [-0.1, -0.05) is 20.8 Å². The van der Waals surface area contributed by atoms with Gasteiger partial charge >= 0.3 is 12.1 Å². The number of piperidine rings is 1. The Balaban J connectivity index is 1.69. The van der Waals surface area contributed by atoms with Crippen molar-refractivity contribution in [1.82, 2.24) is 10.2 Å². The average molecular weight is 318 g/mol. The molecule has 4 nitrogen and oxygen atoms in total. The van der Waals surface area contributed by atoms with E-state index in [4.69, 9.17) is 0 Å². The Morgan fingerprint density at radius 3 is 2.05 bits per heavy atom. The van der Waals surface area contributed by atoms with Crippen LogP contribution >= 0.6 is 0 Å². The van der Waals surface area contributed by atoms with Gasteiger partial charge in [-0.05, 0) is 35.5 Å². The molecule has 3 aliphatic rings. The zero-order chi connectivity index (χ0) is 16.5. The fourth-order valence-corrected chi connectivity index (χ4v) is 3.73. The van der Waals surface area contributed by atoms with Gasteiger partial charge in [0.1, 0.15) is 6.04 Å². The van der Waals surface area contributed by atoms with E-state index in [1.165, 1.54) is 0 Å². The standard InChI is InChI=1S/C15H21F3N2O2/c1-13(2)8-6-20(7-9(8)13)11(21)10(14(3)4-5-14)19-12(22)15(16,17)18/h8-10H,4-7H2,1-3H3,(H,19,22). The summed E-state index contributed by atoms with van der Waals surface area (Å²) in [4.78, 5) is 25.5. The number of hydrogen-bond acceptors (Lipinski definition) is 2. The quantitative estimate of drug-likeness (QED) is 0.865. The molecule has 2 amide bonds. The largest absolute Gasteiger partial charge is 0.471 e. The number of rotatable bonds is 3. The lowest BCUT2D eigenvalue weighted by atomic mass is 9.96. The molecule has 2 saturated carbocycles. The normalized spacial score (nSPS) is 32.2. The molecule has 1 saturated heterocycles. The molecule has 1 heterocycles. The van der Waals surface area contributed by atoms with Gasteiger partial charge in [0.15, 0.2) is 0 Å². The first-order valence-corrected chi connectivity index (χ1v) is 7.63. The molecule has 0 aromatic carbocycles. The van der Waals surface area contributed by atoms with Crippen molar-refractivity contribution in [2.45, 2.75) is 45.8 Å². The molecular weight excluding hydrogens is 297 g/mol. The Hall–Kier alpha value is -1.27. The molecule has 0 spiro atoms. The van der Waals surface area contributed by atoms with E-state index in [1.54, 1.807) is 11.8 Å². The molecule has 7 heteroatoms. The van der Waals surface area contributed by atoms with E-state index in [9.17, 15) is 22.8 Å². The molecule has 3 unspecified atom stereocenters.